The Hall–Kier alpha value is -2.35. The summed E-state index contributed by atoms with van der Waals surface area (Å²) in [6.45, 7) is 3.24. The third kappa shape index (κ3) is 3.59. The van der Waals surface area contributed by atoms with Crippen molar-refractivity contribution in [2.45, 2.75) is 43.1 Å². The molecule has 1 aromatic carbocycles. The number of H-pyrrole nitrogens is 1. The summed E-state index contributed by atoms with van der Waals surface area (Å²) >= 11 is 1.24. The van der Waals surface area contributed by atoms with Gasteiger partial charge in [-0.05, 0) is 38.8 Å². The van der Waals surface area contributed by atoms with Gasteiger partial charge in [0, 0.05) is 17.3 Å². The molecule has 24 heavy (non-hydrogen) atoms. The van der Waals surface area contributed by atoms with E-state index in [1.54, 1.807) is 35.8 Å². The van der Waals surface area contributed by atoms with Crippen molar-refractivity contribution in [2.24, 2.45) is 0 Å². The van der Waals surface area contributed by atoms with Gasteiger partial charge in [0.1, 0.15) is 0 Å². The van der Waals surface area contributed by atoms with Gasteiger partial charge in [-0.15, -0.1) is 5.10 Å². The minimum atomic E-state index is -0.432. The van der Waals surface area contributed by atoms with E-state index in [4.69, 9.17) is 0 Å². The number of nitrogens with zero attached hydrogens (tertiary/aromatic N) is 2. The number of benzene rings is 1. The van der Waals surface area contributed by atoms with E-state index in [1.165, 1.54) is 18.7 Å². The molecule has 0 radical (unpaired) electrons. The molecule has 2 N–H and O–H groups in total. The Morgan fingerprint density at radius 2 is 2.17 bits per heavy atom. The van der Waals surface area contributed by atoms with Gasteiger partial charge in [-0.1, -0.05) is 23.9 Å². The van der Waals surface area contributed by atoms with Gasteiger partial charge in [0.2, 0.25) is 5.91 Å². The average molecular weight is 346 g/mol. The molecule has 1 fully saturated rings. The van der Waals surface area contributed by atoms with Crippen molar-refractivity contribution in [3.63, 3.8) is 0 Å². The number of carbonyl (C=O) groups excluding carboxylic acids is 2. The molecule has 0 aliphatic heterocycles. The number of aromatic amines is 1. The van der Waals surface area contributed by atoms with Crippen LogP contribution in [0.25, 0.3) is 0 Å². The van der Waals surface area contributed by atoms with Crippen LogP contribution < -0.4 is 11.0 Å². The zero-order chi connectivity index (χ0) is 17.3. The van der Waals surface area contributed by atoms with Crippen LogP contribution in [-0.2, 0) is 4.79 Å². The van der Waals surface area contributed by atoms with Crippen LogP contribution in [0.5, 0.6) is 0 Å². The molecule has 3 rings (SSSR count). The van der Waals surface area contributed by atoms with E-state index in [0.717, 1.165) is 12.8 Å². The number of nitrogens with one attached hydrogen (secondary N) is 2. The van der Waals surface area contributed by atoms with E-state index in [2.05, 4.69) is 15.5 Å². The van der Waals surface area contributed by atoms with Crippen LogP contribution in [0.3, 0.4) is 0 Å². The monoisotopic (exact) mass is 346 g/mol. The fourth-order valence-electron chi connectivity index (χ4n) is 2.30. The standard InChI is InChI=1S/C16H18N4O3S/c1-9(21)11-4-3-5-12(8-11)17-14(22)10(2)24-16-19-18-15(23)20(16)13-6-7-13/h3-5,8,10,13H,6-7H2,1-2H3,(H,17,22)(H,18,23)/t10-/m0/s1. The molecule has 8 heteroatoms. The van der Waals surface area contributed by atoms with E-state index >= 15 is 0 Å². The lowest BCUT2D eigenvalue weighted by molar-refractivity contribution is -0.115. The molecule has 2 aromatic rings. The Morgan fingerprint density at radius 3 is 2.83 bits per heavy atom. The molecule has 0 spiro atoms. The van der Waals surface area contributed by atoms with Crippen LogP contribution in [-0.4, -0.2) is 31.7 Å². The van der Waals surface area contributed by atoms with E-state index in [0.29, 0.717) is 16.4 Å². The Balaban J connectivity index is 1.68. The highest BCUT2D eigenvalue weighted by Gasteiger charge is 2.30. The lowest BCUT2D eigenvalue weighted by atomic mass is 10.1. The average Bonchev–Trinajstić information content (AvgIpc) is 3.31. The topological polar surface area (TPSA) is 96.8 Å². The second kappa shape index (κ2) is 6.64. The predicted molar refractivity (Wildman–Crippen MR) is 91.5 cm³/mol. The summed E-state index contributed by atoms with van der Waals surface area (Å²) in [7, 11) is 0. The number of amides is 1. The molecule has 1 aliphatic rings. The molecule has 0 bridgehead atoms. The first kappa shape index (κ1) is 16.5. The number of aromatic nitrogens is 3. The Kier molecular flexibility index (Phi) is 4.57. The zero-order valence-electron chi connectivity index (χ0n) is 13.4. The van der Waals surface area contributed by atoms with Gasteiger partial charge in [0.05, 0.1) is 5.25 Å². The van der Waals surface area contributed by atoms with Gasteiger partial charge >= 0.3 is 5.69 Å². The lowest BCUT2D eigenvalue weighted by Crippen LogP contribution is -2.23. The van der Waals surface area contributed by atoms with Crippen LogP contribution in [0.4, 0.5) is 5.69 Å². The van der Waals surface area contributed by atoms with Gasteiger partial charge in [-0.2, -0.15) is 0 Å². The minimum Gasteiger partial charge on any atom is -0.325 e. The molecule has 0 unspecified atom stereocenters. The molecular formula is C16H18N4O3S. The van der Waals surface area contributed by atoms with E-state index in [-0.39, 0.29) is 23.4 Å². The number of hydrogen-bond acceptors (Lipinski definition) is 5. The molecule has 1 saturated carbocycles. The fraction of sp³-hybridized carbons (Fsp3) is 0.375. The number of carbonyl (C=O) groups is 2. The quantitative estimate of drug-likeness (QED) is 0.617. The summed E-state index contributed by atoms with van der Waals surface area (Å²) in [6.07, 6.45) is 1.93. The number of ketones is 1. The Morgan fingerprint density at radius 1 is 1.42 bits per heavy atom. The summed E-state index contributed by atoms with van der Waals surface area (Å²) in [4.78, 5) is 35.5. The first-order valence-electron chi connectivity index (χ1n) is 7.71. The number of anilines is 1. The van der Waals surface area contributed by atoms with Gasteiger partial charge < -0.3 is 5.32 Å². The van der Waals surface area contributed by atoms with Crippen LogP contribution in [0, 0.1) is 0 Å². The van der Waals surface area contributed by atoms with Crippen molar-refractivity contribution >= 4 is 29.1 Å². The molecule has 1 amide bonds. The second-order valence-electron chi connectivity index (χ2n) is 5.80. The normalized spacial score (nSPS) is 15.1. The highest BCUT2D eigenvalue weighted by Crippen LogP contribution is 2.36. The molecule has 1 aliphatic carbocycles. The summed E-state index contributed by atoms with van der Waals surface area (Å²) in [6, 6.07) is 7.00. The summed E-state index contributed by atoms with van der Waals surface area (Å²) < 4.78 is 1.62. The minimum absolute atomic E-state index is 0.0569. The second-order valence-corrected chi connectivity index (χ2v) is 7.11. The molecule has 1 aromatic heterocycles. The van der Waals surface area contributed by atoms with Crippen molar-refractivity contribution in [2.75, 3.05) is 5.32 Å². The first-order valence-corrected chi connectivity index (χ1v) is 8.59. The van der Waals surface area contributed by atoms with Gasteiger partial charge in [0.15, 0.2) is 10.9 Å². The van der Waals surface area contributed by atoms with Crippen molar-refractivity contribution in [1.29, 1.82) is 0 Å². The lowest BCUT2D eigenvalue weighted by Gasteiger charge is -2.12. The SMILES string of the molecule is CC(=O)c1cccc(NC(=O)[C@H](C)Sc2n[nH]c(=O)n2C2CC2)c1. The van der Waals surface area contributed by atoms with E-state index < -0.39 is 5.25 Å². The Labute approximate surface area is 142 Å². The summed E-state index contributed by atoms with van der Waals surface area (Å²) in [5.74, 6) is -0.267. The van der Waals surface area contributed by atoms with Crippen LogP contribution >= 0.6 is 11.8 Å². The third-order valence-electron chi connectivity index (χ3n) is 3.77. The molecule has 0 saturated heterocycles. The highest BCUT2D eigenvalue weighted by molar-refractivity contribution is 8.00. The smallest absolute Gasteiger partial charge is 0.325 e. The molecular weight excluding hydrogens is 328 g/mol. The van der Waals surface area contributed by atoms with Crippen LogP contribution in [0.1, 0.15) is 43.1 Å². The van der Waals surface area contributed by atoms with Gasteiger partial charge in [0.25, 0.3) is 0 Å². The van der Waals surface area contributed by atoms with Crippen LogP contribution in [0.2, 0.25) is 0 Å². The van der Waals surface area contributed by atoms with Gasteiger partial charge in [-0.25, -0.2) is 9.89 Å². The first-order chi connectivity index (χ1) is 11.5. The number of rotatable bonds is 6. The fourth-order valence-corrected chi connectivity index (χ4v) is 3.23. The highest BCUT2D eigenvalue weighted by atomic mass is 32.2. The van der Waals surface area contributed by atoms with Crippen LogP contribution in [0.15, 0.2) is 34.2 Å². The Bertz CT molecular complexity index is 838. The largest absolute Gasteiger partial charge is 0.344 e. The van der Waals surface area contributed by atoms with Crippen molar-refractivity contribution in [3.05, 3.63) is 40.3 Å². The molecule has 1 atom stereocenters. The maximum Gasteiger partial charge on any atom is 0.344 e. The number of thioether (sulfide) groups is 1. The van der Waals surface area contributed by atoms with Gasteiger partial charge in [-0.3, -0.25) is 14.2 Å². The van der Waals surface area contributed by atoms with Crippen molar-refractivity contribution in [1.82, 2.24) is 14.8 Å². The molecule has 126 valence electrons. The molecule has 1 heterocycles. The summed E-state index contributed by atoms with van der Waals surface area (Å²) in [5, 5.41) is 9.34. The maximum atomic E-state index is 12.4. The van der Waals surface area contributed by atoms with Crippen molar-refractivity contribution in [3.8, 4) is 0 Å². The predicted octanol–water partition coefficient (Wildman–Crippen LogP) is 2.23. The number of Topliss-reactive ketones (excluding diaryl/α,β-unsaturated/α-hetero) is 1. The number of hydrogen-bond donors (Lipinski definition) is 2. The van der Waals surface area contributed by atoms with E-state index in [9.17, 15) is 14.4 Å². The molecule has 7 nitrogen and oxygen atoms in total. The maximum absolute atomic E-state index is 12.4. The summed E-state index contributed by atoms with van der Waals surface area (Å²) in [5.41, 5.74) is 0.881. The zero-order valence-corrected chi connectivity index (χ0v) is 14.2. The van der Waals surface area contributed by atoms with Crippen molar-refractivity contribution < 1.29 is 9.59 Å². The van der Waals surface area contributed by atoms with E-state index in [1.807, 2.05) is 0 Å². The third-order valence-corrected chi connectivity index (χ3v) is 4.84.